The van der Waals surface area contributed by atoms with Crippen molar-refractivity contribution in [2.45, 2.75) is 18.1 Å². The van der Waals surface area contributed by atoms with Crippen molar-refractivity contribution in [1.29, 1.82) is 0 Å². The van der Waals surface area contributed by atoms with Crippen LogP contribution < -0.4 is 4.90 Å². The zero-order valence-electron chi connectivity index (χ0n) is 13.7. The van der Waals surface area contributed by atoms with Gasteiger partial charge in [0.15, 0.2) is 5.78 Å². The number of ketones is 1. The highest BCUT2D eigenvalue weighted by Crippen LogP contribution is 2.26. The molecule has 0 atom stereocenters. The van der Waals surface area contributed by atoms with Gasteiger partial charge >= 0.3 is 0 Å². The minimum Gasteiger partial charge on any atom is -0.369 e. The molecule has 0 spiro atoms. The number of Topliss-reactive ketones (excluding diaryl/α,β-unsaturated/α-hetero) is 1. The lowest BCUT2D eigenvalue weighted by molar-refractivity contribution is 0.101. The Morgan fingerprint density at radius 3 is 2.38 bits per heavy atom. The number of rotatable bonds is 4. The van der Waals surface area contributed by atoms with Gasteiger partial charge in [0, 0.05) is 42.3 Å². The molecule has 1 saturated heterocycles. The number of carbonyl (C=O) groups is 1. The summed E-state index contributed by atoms with van der Waals surface area (Å²) in [7, 11) is -3.40. The zero-order valence-corrected chi connectivity index (χ0v) is 15.4. The molecule has 1 fully saturated rings. The number of benzene rings is 1. The molecular formula is C17H20N2O3S2. The fraction of sp³-hybridized carbons (Fsp3) is 0.353. The lowest BCUT2D eigenvalue weighted by atomic mass is 10.1. The Kier molecular flexibility index (Phi) is 4.76. The summed E-state index contributed by atoms with van der Waals surface area (Å²) in [5.41, 5.74) is 1.64. The molecule has 1 aliphatic rings. The molecule has 2 aromatic rings. The maximum Gasteiger partial charge on any atom is 0.252 e. The second-order valence-electron chi connectivity index (χ2n) is 5.86. The quantitative estimate of drug-likeness (QED) is 0.783. The molecule has 0 unspecified atom stereocenters. The van der Waals surface area contributed by atoms with Gasteiger partial charge in [0.25, 0.3) is 10.0 Å². The lowest BCUT2D eigenvalue weighted by Crippen LogP contribution is -2.48. The van der Waals surface area contributed by atoms with E-state index in [0.717, 1.165) is 10.6 Å². The average molecular weight is 364 g/mol. The van der Waals surface area contributed by atoms with E-state index in [1.807, 2.05) is 31.2 Å². The van der Waals surface area contributed by atoms with E-state index in [-0.39, 0.29) is 5.78 Å². The van der Waals surface area contributed by atoms with Gasteiger partial charge in [-0.05, 0) is 38.1 Å². The van der Waals surface area contributed by atoms with Crippen LogP contribution in [0.4, 0.5) is 5.69 Å². The third kappa shape index (κ3) is 3.38. The van der Waals surface area contributed by atoms with E-state index in [4.69, 9.17) is 0 Å². The third-order valence-corrected chi connectivity index (χ3v) is 7.53. The first-order valence-corrected chi connectivity index (χ1v) is 10.1. The van der Waals surface area contributed by atoms with E-state index in [0.29, 0.717) is 36.0 Å². The van der Waals surface area contributed by atoms with Crippen molar-refractivity contribution in [3.8, 4) is 0 Å². The van der Waals surface area contributed by atoms with E-state index in [2.05, 4.69) is 4.90 Å². The van der Waals surface area contributed by atoms with Crippen LogP contribution in [0.25, 0.3) is 0 Å². The SMILES string of the molecule is CC(=O)c1cccc(N2CCN(S(=O)(=O)c3ccc(C)s3)CC2)c1. The molecule has 1 aliphatic heterocycles. The number of nitrogens with zero attached hydrogens (tertiary/aromatic N) is 2. The summed E-state index contributed by atoms with van der Waals surface area (Å²) < 4.78 is 27.3. The Morgan fingerprint density at radius 2 is 1.79 bits per heavy atom. The molecular weight excluding hydrogens is 344 g/mol. The van der Waals surface area contributed by atoms with Crippen molar-refractivity contribution in [1.82, 2.24) is 4.31 Å². The number of aryl methyl sites for hydroxylation is 1. The smallest absolute Gasteiger partial charge is 0.252 e. The van der Waals surface area contributed by atoms with Crippen LogP contribution >= 0.6 is 11.3 Å². The molecule has 1 aromatic carbocycles. The molecule has 1 aromatic heterocycles. The molecule has 0 bridgehead atoms. The van der Waals surface area contributed by atoms with Gasteiger partial charge in [-0.25, -0.2) is 8.42 Å². The second kappa shape index (κ2) is 6.66. The predicted molar refractivity (Wildman–Crippen MR) is 96.5 cm³/mol. The van der Waals surface area contributed by atoms with Crippen molar-refractivity contribution in [3.05, 3.63) is 46.8 Å². The van der Waals surface area contributed by atoms with Crippen LogP contribution in [0.3, 0.4) is 0 Å². The normalized spacial score (nSPS) is 16.3. The van der Waals surface area contributed by atoms with Crippen LogP contribution in [0.2, 0.25) is 0 Å². The molecule has 2 heterocycles. The second-order valence-corrected chi connectivity index (χ2v) is 9.32. The van der Waals surface area contributed by atoms with Gasteiger partial charge in [0.05, 0.1) is 0 Å². The van der Waals surface area contributed by atoms with Crippen molar-refractivity contribution in [2.24, 2.45) is 0 Å². The maximum absolute atomic E-state index is 12.7. The van der Waals surface area contributed by atoms with Crippen LogP contribution in [-0.2, 0) is 10.0 Å². The standard InChI is InChI=1S/C17H20N2O3S2/c1-13-6-7-17(23-13)24(21,22)19-10-8-18(9-11-19)16-5-3-4-15(12-16)14(2)20/h3-7,12H,8-11H2,1-2H3. The van der Waals surface area contributed by atoms with Crippen LogP contribution in [0, 0.1) is 6.92 Å². The first-order valence-electron chi connectivity index (χ1n) is 7.80. The van der Waals surface area contributed by atoms with Gasteiger partial charge < -0.3 is 4.90 Å². The number of anilines is 1. The summed E-state index contributed by atoms with van der Waals surface area (Å²) in [4.78, 5) is 14.6. The van der Waals surface area contributed by atoms with Gasteiger partial charge in [0.1, 0.15) is 4.21 Å². The Morgan fingerprint density at radius 1 is 1.08 bits per heavy atom. The van der Waals surface area contributed by atoms with Crippen molar-refractivity contribution in [2.75, 3.05) is 31.1 Å². The summed E-state index contributed by atoms with van der Waals surface area (Å²) in [6, 6.07) is 11.0. The zero-order chi connectivity index (χ0) is 17.3. The molecule has 128 valence electrons. The monoisotopic (exact) mass is 364 g/mol. The fourth-order valence-electron chi connectivity index (χ4n) is 2.79. The van der Waals surface area contributed by atoms with Crippen LogP contribution in [-0.4, -0.2) is 44.7 Å². The number of hydrogen-bond donors (Lipinski definition) is 0. The molecule has 7 heteroatoms. The van der Waals surface area contributed by atoms with E-state index >= 15 is 0 Å². The summed E-state index contributed by atoms with van der Waals surface area (Å²) in [6.45, 7) is 5.58. The molecule has 5 nitrogen and oxygen atoms in total. The average Bonchev–Trinajstić information content (AvgIpc) is 3.02. The molecule has 0 aliphatic carbocycles. The number of carbonyl (C=O) groups excluding carboxylic acids is 1. The van der Waals surface area contributed by atoms with Crippen molar-refractivity contribution < 1.29 is 13.2 Å². The van der Waals surface area contributed by atoms with E-state index in [1.54, 1.807) is 23.4 Å². The molecule has 0 radical (unpaired) electrons. The first kappa shape index (κ1) is 17.1. The highest BCUT2D eigenvalue weighted by molar-refractivity contribution is 7.91. The molecule has 0 saturated carbocycles. The summed E-state index contributed by atoms with van der Waals surface area (Å²) in [5, 5.41) is 0. The van der Waals surface area contributed by atoms with Gasteiger partial charge in [-0.3, -0.25) is 4.79 Å². The minimum absolute atomic E-state index is 0.0335. The number of piperazine rings is 1. The largest absolute Gasteiger partial charge is 0.369 e. The Balaban J connectivity index is 1.72. The van der Waals surface area contributed by atoms with Gasteiger partial charge in [0.2, 0.25) is 0 Å². The summed E-state index contributed by atoms with van der Waals surface area (Å²) in [6.07, 6.45) is 0. The summed E-state index contributed by atoms with van der Waals surface area (Å²) in [5.74, 6) is 0.0335. The fourth-order valence-corrected chi connectivity index (χ4v) is 5.65. The maximum atomic E-state index is 12.7. The Bertz CT molecular complexity index is 850. The van der Waals surface area contributed by atoms with E-state index < -0.39 is 10.0 Å². The topological polar surface area (TPSA) is 57.7 Å². The predicted octanol–water partition coefficient (Wildman–Crippen LogP) is 2.77. The van der Waals surface area contributed by atoms with Crippen LogP contribution in [0.5, 0.6) is 0 Å². The molecule has 0 N–H and O–H groups in total. The number of sulfonamides is 1. The number of thiophene rings is 1. The van der Waals surface area contributed by atoms with E-state index in [9.17, 15) is 13.2 Å². The number of hydrogen-bond acceptors (Lipinski definition) is 5. The summed E-state index contributed by atoms with van der Waals surface area (Å²) >= 11 is 1.31. The van der Waals surface area contributed by atoms with Crippen molar-refractivity contribution >= 4 is 32.8 Å². The van der Waals surface area contributed by atoms with Gasteiger partial charge in [-0.15, -0.1) is 11.3 Å². The van der Waals surface area contributed by atoms with Crippen LogP contribution in [0.15, 0.2) is 40.6 Å². The lowest BCUT2D eigenvalue weighted by Gasteiger charge is -2.35. The molecule has 24 heavy (non-hydrogen) atoms. The highest BCUT2D eigenvalue weighted by Gasteiger charge is 2.29. The minimum atomic E-state index is -3.40. The van der Waals surface area contributed by atoms with E-state index in [1.165, 1.54) is 11.3 Å². The Hall–Kier alpha value is -1.70. The Labute approximate surface area is 146 Å². The van der Waals surface area contributed by atoms with Crippen LogP contribution in [0.1, 0.15) is 22.2 Å². The molecule has 0 amide bonds. The molecule has 3 rings (SSSR count). The highest BCUT2D eigenvalue weighted by atomic mass is 32.2. The first-order chi connectivity index (χ1) is 11.4. The van der Waals surface area contributed by atoms with Crippen molar-refractivity contribution in [3.63, 3.8) is 0 Å². The third-order valence-electron chi connectivity index (χ3n) is 4.17. The van der Waals surface area contributed by atoms with Gasteiger partial charge in [-0.1, -0.05) is 12.1 Å². The van der Waals surface area contributed by atoms with Gasteiger partial charge in [-0.2, -0.15) is 4.31 Å².